The number of halogens is 1. The molecule has 3 saturated heterocycles. The number of aryl methyl sites for hydroxylation is 1. The number of ether oxygens (including phenoxy) is 1. The Bertz CT molecular complexity index is 800. The molecule has 3 nitrogen and oxygen atoms in total. The molecule has 4 heterocycles. The van der Waals surface area contributed by atoms with Gasteiger partial charge in [0, 0.05) is 23.2 Å². The Morgan fingerprint density at radius 3 is 2.60 bits per heavy atom. The first-order valence-electron chi connectivity index (χ1n) is 9.23. The van der Waals surface area contributed by atoms with Crippen molar-refractivity contribution in [2.75, 3.05) is 24.5 Å². The Morgan fingerprint density at radius 2 is 1.88 bits per heavy atom. The number of hydrogen-bond donors (Lipinski definition) is 0. The largest absolute Gasteiger partial charge is 0.464 e. The molecule has 0 aromatic heterocycles. The quantitative estimate of drug-likeness (QED) is 0.781. The van der Waals surface area contributed by atoms with Gasteiger partial charge in [-0.3, -0.25) is 0 Å². The van der Waals surface area contributed by atoms with Crippen LogP contribution in [0.5, 0.6) is 5.75 Å². The molecule has 0 aliphatic carbocycles. The summed E-state index contributed by atoms with van der Waals surface area (Å²) in [6.45, 7) is 5.78. The summed E-state index contributed by atoms with van der Waals surface area (Å²) in [6, 6.07) is 15.1. The smallest absolute Gasteiger partial charge is 0.199 e. The molecule has 0 spiro atoms. The summed E-state index contributed by atoms with van der Waals surface area (Å²) in [7, 11) is 0. The van der Waals surface area contributed by atoms with Crippen LogP contribution in [0.15, 0.2) is 42.5 Å². The number of para-hydroxylation sites is 2. The van der Waals surface area contributed by atoms with Gasteiger partial charge in [0.1, 0.15) is 5.75 Å². The van der Waals surface area contributed by atoms with Crippen LogP contribution < -0.4 is 9.64 Å². The van der Waals surface area contributed by atoms with Crippen molar-refractivity contribution in [3.8, 4) is 5.75 Å². The number of fused-ring (bicyclic) bond motifs is 4. The minimum atomic E-state index is -0.0554. The third-order valence-corrected chi connectivity index (χ3v) is 6.35. The maximum atomic E-state index is 6.45. The van der Waals surface area contributed by atoms with Gasteiger partial charge in [0.15, 0.2) is 6.23 Å². The second kappa shape index (κ2) is 5.93. The van der Waals surface area contributed by atoms with Crippen molar-refractivity contribution in [1.29, 1.82) is 0 Å². The van der Waals surface area contributed by atoms with Crippen molar-refractivity contribution < 1.29 is 4.74 Å². The number of hydrogen-bond acceptors (Lipinski definition) is 3. The van der Waals surface area contributed by atoms with E-state index >= 15 is 0 Å². The van der Waals surface area contributed by atoms with Crippen LogP contribution in [0.4, 0.5) is 5.69 Å². The van der Waals surface area contributed by atoms with Gasteiger partial charge in [0.25, 0.3) is 0 Å². The van der Waals surface area contributed by atoms with E-state index in [4.69, 9.17) is 16.3 Å². The lowest BCUT2D eigenvalue weighted by molar-refractivity contribution is 0.0699. The van der Waals surface area contributed by atoms with E-state index in [1.165, 1.54) is 42.7 Å². The molecule has 0 amide bonds. The maximum Gasteiger partial charge on any atom is 0.199 e. The molecule has 2 aromatic carbocycles. The van der Waals surface area contributed by atoms with Crippen LogP contribution in [0.3, 0.4) is 0 Å². The van der Waals surface area contributed by atoms with E-state index in [0.717, 1.165) is 23.2 Å². The fourth-order valence-electron chi connectivity index (χ4n) is 4.80. The summed E-state index contributed by atoms with van der Waals surface area (Å²) < 4.78 is 6.45. The van der Waals surface area contributed by atoms with Crippen LogP contribution in [-0.4, -0.2) is 30.6 Å². The second-order valence-electron chi connectivity index (χ2n) is 7.55. The molecular weight excluding hydrogens is 332 g/mol. The summed E-state index contributed by atoms with van der Waals surface area (Å²) >= 11 is 6.19. The molecule has 1 unspecified atom stereocenters. The summed E-state index contributed by atoms with van der Waals surface area (Å²) in [5.74, 6) is 1.76. The third kappa shape index (κ3) is 2.52. The fraction of sp³-hybridized carbons (Fsp3) is 0.429. The standard InChI is InChI=1S/C21H23ClN2O/c1-14-12-16(22)6-7-17(14)21-24(18-4-2-3-5-20(18)25-21)19-13-23-10-8-15(19)9-11-23/h2-7,12,15,19,21H,8-11,13H2,1H3/t19?,21-/m0/s1. The predicted molar refractivity (Wildman–Crippen MR) is 101 cm³/mol. The average Bonchev–Trinajstić information content (AvgIpc) is 3.01. The molecule has 0 saturated carbocycles. The minimum Gasteiger partial charge on any atom is -0.464 e. The Kier molecular flexibility index (Phi) is 3.68. The molecule has 4 heteroatoms. The van der Waals surface area contributed by atoms with Gasteiger partial charge >= 0.3 is 0 Å². The van der Waals surface area contributed by atoms with Crippen LogP contribution >= 0.6 is 11.6 Å². The van der Waals surface area contributed by atoms with Crippen LogP contribution in [0.25, 0.3) is 0 Å². The highest BCUT2D eigenvalue weighted by Crippen LogP contribution is 2.48. The predicted octanol–water partition coefficient (Wildman–Crippen LogP) is 4.64. The fourth-order valence-corrected chi connectivity index (χ4v) is 5.03. The SMILES string of the molecule is Cc1cc(Cl)ccc1[C@@H]1Oc2ccccc2N1C1CN2CCC1CC2. The van der Waals surface area contributed by atoms with Crippen molar-refractivity contribution in [3.63, 3.8) is 0 Å². The van der Waals surface area contributed by atoms with Gasteiger partial charge in [-0.05, 0) is 68.6 Å². The van der Waals surface area contributed by atoms with E-state index in [9.17, 15) is 0 Å². The van der Waals surface area contributed by atoms with E-state index in [1.54, 1.807) is 0 Å². The van der Waals surface area contributed by atoms with Crippen molar-refractivity contribution in [1.82, 2.24) is 4.90 Å². The van der Waals surface area contributed by atoms with E-state index < -0.39 is 0 Å². The molecule has 0 radical (unpaired) electrons. The van der Waals surface area contributed by atoms with Crippen molar-refractivity contribution >= 4 is 17.3 Å². The zero-order valence-corrected chi connectivity index (χ0v) is 15.2. The number of rotatable bonds is 2. The molecule has 4 aliphatic rings. The van der Waals surface area contributed by atoms with Gasteiger partial charge in [0.05, 0.1) is 5.69 Å². The van der Waals surface area contributed by atoms with Crippen LogP contribution in [0.1, 0.15) is 30.2 Å². The van der Waals surface area contributed by atoms with E-state index in [2.05, 4.69) is 47.1 Å². The zero-order valence-electron chi connectivity index (χ0n) is 14.5. The summed E-state index contributed by atoms with van der Waals surface area (Å²) in [4.78, 5) is 5.15. The third-order valence-electron chi connectivity index (χ3n) is 6.11. The molecule has 2 aromatic rings. The lowest BCUT2D eigenvalue weighted by Crippen LogP contribution is -2.58. The topological polar surface area (TPSA) is 15.7 Å². The van der Waals surface area contributed by atoms with Crippen molar-refractivity contribution in [2.45, 2.75) is 32.0 Å². The van der Waals surface area contributed by atoms with Crippen molar-refractivity contribution in [2.24, 2.45) is 5.92 Å². The molecule has 2 atom stereocenters. The Morgan fingerprint density at radius 1 is 1.08 bits per heavy atom. The zero-order chi connectivity index (χ0) is 17.0. The number of benzene rings is 2. The van der Waals surface area contributed by atoms with Gasteiger partial charge in [0.2, 0.25) is 0 Å². The first-order valence-corrected chi connectivity index (χ1v) is 9.61. The van der Waals surface area contributed by atoms with E-state index in [0.29, 0.717) is 6.04 Å². The normalized spacial score (nSPS) is 30.2. The van der Waals surface area contributed by atoms with Crippen LogP contribution in [-0.2, 0) is 0 Å². The minimum absolute atomic E-state index is 0.0554. The summed E-state index contributed by atoms with van der Waals surface area (Å²) in [5, 5.41) is 0.783. The van der Waals surface area contributed by atoms with E-state index in [1.807, 2.05) is 12.1 Å². The van der Waals surface area contributed by atoms with E-state index in [-0.39, 0.29) is 6.23 Å². The lowest BCUT2D eigenvalue weighted by Gasteiger charge is -2.49. The Labute approximate surface area is 154 Å². The molecule has 3 fully saturated rings. The van der Waals surface area contributed by atoms with Crippen LogP contribution in [0, 0.1) is 12.8 Å². The lowest BCUT2D eigenvalue weighted by atomic mass is 9.82. The van der Waals surface area contributed by atoms with Gasteiger partial charge < -0.3 is 14.5 Å². The first-order chi connectivity index (χ1) is 12.2. The van der Waals surface area contributed by atoms with Gasteiger partial charge in [-0.15, -0.1) is 0 Å². The van der Waals surface area contributed by atoms with Crippen LogP contribution in [0.2, 0.25) is 5.02 Å². The highest BCUT2D eigenvalue weighted by Gasteiger charge is 2.44. The second-order valence-corrected chi connectivity index (χ2v) is 7.99. The number of nitrogens with zero attached hydrogens (tertiary/aromatic N) is 2. The molecule has 130 valence electrons. The van der Waals surface area contributed by atoms with Gasteiger partial charge in [-0.25, -0.2) is 0 Å². The highest BCUT2D eigenvalue weighted by atomic mass is 35.5. The summed E-state index contributed by atoms with van der Waals surface area (Å²) in [5.41, 5.74) is 3.65. The molecule has 0 N–H and O–H groups in total. The monoisotopic (exact) mass is 354 g/mol. The first kappa shape index (κ1) is 15.5. The van der Waals surface area contributed by atoms with Gasteiger partial charge in [-0.1, -0.05) is 29.8 Å². The number of anilines is 1. The molecule has 2 bridgehead atoms. The molecule has 4 aliphatic heterocycles. The molecule has 6 rings (SSSR count). The van der Waals surface area contributed by atoms with Crippen molar-refractivity contribution in [3.05, 3.63) is 58.6 Å². The average molecular weight is 355 g/mol. The highest BCUT2D eigenvalue weighted by molar-refractivity contribution is 6.30. The Hall–Kier alpha value is -1.71. The summed E-state index contributed by atoms with van der Waals surface area (Å²) in [6.07, 6.45) is 2.55. The number of piperidine rings is 3. The molecular formula is C21H23ClN2O. The van der Waals surface area contributed by atoms with Gasteiger partial charge in [-0.2, -0.15) is 0 Å². The maximum absolute atomic E-state index is 6.45. The molecule has 25 heavy (non-hydrogen) atoms. The Balaban J connectivity index is 1.58.